The molecule has 0 aliphatic rings. The van der Waals surface area contributed by atoms with Crippen LogP contribution in [0.15, 0.2) is 0 Å². The molecule has 0 bridgehead atoms. The van der Waals surface area contributed by atoms with Gasteiger partial charge in [0.25, 0.3) is 0 Å². The van der Waals surface area contributed by atoms with Gasteiger partial charge >= 0.3 is 11.9 Å². The average molecular weight is 217 g/mol. The van der Waals surface area contributed by atoms with E-state index in [0.717, 1.165) is 0 Å². The highest BCUT2D eigenvalue weighted by Gasteiger charge is 2.19. The minimum Gasteiger partial charge on any atom is -0.481 e. The molecule has 86 valence electrons. The molecular formula is C9H15NO5. The van der Waals surface area contributed by atoms with Gasteiger partial charge in [0.15, 0.2) is 0 Å². The maximum atomic E-state index is 11.2. The second kappa shape index (κ2) is 6.00. The smallest absolute Gasteiger partial charge is 0.312 e. The molecule has 0 aliphatic heterocycles. The van der Waals surface area contributed by atoms with Crippen LogP contribution in [-0.4, -0.2) is 48.6 Å². The van der Waals surface area contributed by atoms with E-state index in [9.17, 15) is 14.4 Å². The molecule has 1 unspecified atom stereocenters. The van der Waals surface area contributed by atoms with Crippen molar-refractivity contribution in [1.29, 1.82) is 0 Å². The summed E-state index contributed by atoms with van der Waals surface area (Å²) < 4.78 is 4.48. The summed E-state index contributed by atoms with van der Waals surface area (Å²) in [5.74, 6) is -2.60. The number of aliphatic carboxylic acids is 1. The van der Waals surface area contributed by atoms with Gasteiger partial charge in [-0.2, -0.15) is 0 Å². The summed E-state index contributed by atoms with van der Waals surface area (Å²) in [4.78, 5) is 33.7. The molecule has 15 heavy (non-hydrogen) atoms. The van der Waals surface area contributed by atoms with E-state index in [2.05, 4.69) is 4.74 Å². The number of hydrogen-bond donors (Lipinski definition) is 1. The van der Waals surface area contributed by atoms with Gasteiger partial charge in [-0.1, -0.05) is 6.92 Å². The van der Waals surface area contributed by atoms with Gasteiger partial charge in [0.1, 0.15) is 6.42 Å². The molecule has 0 saturated heterocycles. The van der Waals surface area contributed by atoms with Crippen molar-refractivity contribution in [2.75, 3.05) is 20.7 Å². The van der Waals surface area contributed by atoms with E-state index in [-0.39, 0.29) is 6.54 Å². The number of nitrogens with zero attached hydrogens (tertiary/aromatic N) is 1. The van der Waals surface area contributed by atoms with E-state index in [0.29, 0.717) is 0 Å². The SMILES string of the molecule is COC(=O)C(C)CN(C)C(=O)CC(=O)O. The van der Waals surface area contributed by atoms with Crippen molar-refractivity contribution < 1.29 is 24.2 Å². The maximum absolute atomic E-state index is 11.2. The first-order valence-electron chi connectivity index (χ1n) is 4.42. The van der Waals surface area contributed by atoms with E-state index >= 15 is 0 Å². The Hall–Kier alpha value is -1.59. The van der Waals surface area contributed by atoms with Crippen molar-refractivity contribution in [2.24, 2.45) is 5.92 Å². The molecule has 0 aromatic rings. The summed E-state index contributed by atoms with van der Waals surface area (Å²) >= 11 is 0. The third-order valence-corrected chi connectivity index (χ3v) is 1.88. The van der Waals surface area contributed by atoms with E-state index in [1.807, 2.05) is 0 Å². The maximum Gasteiger partial charge on any atom is 0.312 e. The normalized spacial score (nSPS) is 11.7. The molecule has 0 spiro atoms. The van der Waals surface area contributed by atoms with Crippen molar-refractivity contribution in [2.45, 2.75) is 13.3 Å². The van der Waals surface area contributed by atoms with Gasteiger partial charge in [-0.25, -0.2) is 0 Å². The largest absolute Gasteiger partial charge is 0.481 e. The number of carboxylic acid groups (broad SMARTS) is 1. The molecule has 0 fully saturated rings. The topological polar surface area (TPSA) is 83.9 Å². The van der Waals surface area contributed by atoms with Crippen LogP contribution in [0, 0.1) is 5.92 Å². The fourth-order valence-corrected chi connectivity index (χ4v) is 1.05. The minimum absolute atomic E-state index is 0.152. The Morgan fingerprint density at radius 3 is 2.33 bits per heavy atom. The zero-order valence-corrected chi connectivity index (χ0v) is 9.02. The van der Waals surface area contributed by atoms with Crippen molar-refractivity contribution in [3.8, 4) is 0 Å². The molecule has 0 aromatic heterocycles. The lowest BCUT2D eigenvalue weighted by atomic mass is 10.1. The zero-order valence-electron chi connectivity index (χ0n) is 9.02. The summed E-state index contributed by atoms with van der Waals surface area (Å²) in [6.45, 7) is 1.76. The lowest BCUT2D eigenvalue weighted by Crippen LogP contribution is -2.35. The first-order valence-corrected chi connectivity index (χ1v) is 4.42. The van der Waals surface area contributed by atoms with Crippen LogP contribution in [-0.2, 0) is 19.1 Å². The Kier molecular flexibility index (Phi) is 5.36. The van der Waals surface area contributed by atoms with Crippen molar-refractivity contribution in [3.05, 3.63) is 0 Å². The standard InChI is InChI=1S/C9H15NO5/c1-6(9(14)15-3)5-10(2)7(11)4-8(12)13/h6H,4-5H2,1-3H3,(H,12,13). The number of methoxy groups -OCH3 is 1. The van der Waals surface area contributed by atoms with Crippen LogP contribution in [0.3, 0.4) is 0 Å². The lowest BCUT2D eigenvalue weighted by molar-refractivity contribution is -0.146. The van der Waals surface area contributed by atoms with Crippen LogP contribution >= 0.6 is 0 Å². The van der Waals surface area contributed by atoms with E-state index in [4.69, 9.17) is 5.11 Å². The summed E-state index contributed by atoms with van der Waals surface area (Å²) in [5.41, 5.74) is 0. The van der Waals surface area contributed by atoms with E-state index in [1.54, 1.807) is 6.92 Å². The molecular weight excluding hydrogens is 202 g/mol. The van der Waals surface area contributed by atoms with E-state index < -0.39 is 30.2 Å². The highest BCUT2D eigenvalue weighted by atomic mass is 16.5. The second-order valence-corrected chi connectivity index (χ2v) is 3.27. The predicted molar refractivity (Wildman–Crippen MR) is 51.1 cm³/mol. The zero-order chi connectivity index (χ0) is 12.0. The van der Waals surface area contributed by atoms with Crippen LogP contribution in [0.4, 0.5) is 0 Å². The Morgan fingerprint density at radius 1 is 1.40 bits per heavy atom. The number of carboxylic acids is 1. The summed E-state index contributed by atoms with van der Waals surface area (Å²) in [6, 6.07) is 0. The van der Waals surface area contributed by atoms with Crippen LogP contribution < -0.4 is 0 Å². The quantitative estimate of drug-likeness (QED) is 0.506. The Balaban J connectivity index is 4.12. The summed E-state index contributed by atoms with van der Waals surface area (Å²) in [6.07, 6.45) is -0.565. The first-order chi connectivity index (χ1) is 6.88. The average Bonchev–Trinajstić information content (AvgIpc) is 2.15. The first kappa shape index (κ1) is 13.4. The summed E-state index contributed by atoms with van der Waals surface area (Å²) in [5, 5.41) is 8.38. The Labute approximate surface area is 87.8 Å². The minimum atomic E-state index is -1.18. The number of carbonyl (C=O) groups is 3. The van der Waals surface area contributed by atoms with Gasteiger partial charge in [0.2, 0.25) is 5.91 Å². The number of amides is 1. The third kappa shape index (κ3) is 4.99. The Bertz CT molecular complexity index is 263. The van der Waals surface area contributed by atoms with Gasteiger partial charge in [0.05, 0.1) is 13.0 Å². The van der Waals surface area contributed by atoms with Crippen molar-refractivity contribution >= 4 is 17.8 Å². The van der Waals surface area contributed by atoms with Gasteiger partial charge in [-0.15, -0.1) is 0 Å². The number of esters is 1. The van der Waals surface area contributed by atoms with Crippen LogP contribution in [0.5, 0.6) is 0 Å². The molecule has 0 heterocycles. The number of hydrogen-bond acceptors (Lipinski definition) is 4. The van der Waals surface area contributed by atoms with Gasteiger partial charge in [-0.3, -0.25) is 14.4 Å². The van der Waals surface area contributed by atoms with Gasteiger partial charge in [0, 0.05) is 13.6 Å². The summed E-state index contributed by atoms with van der Waals surface area (Å²) in [7, 11) is 2.71. The van der Waals surface area contributed by atoms with Crippen molar-refractivity contribution in [1.82, 2.24) is 4.90 Å². The Morgan fingerprint density at radius 2 is 1.93 bits per heavy atom. The predicted octanol–water partition coefficient (Wildman–Crippen LogP) is -0.271. The van der Waals surface area contributed by atoms with E-state index in [1.165, 1.54) is 19.1 Å². The molecule has 1 amide bonds. The van der Waals surface area contributed by atoms with Crippen molar-refractivity contribution in [3.63, 3.8) is 0 Å². The molecule has 6 nitrogen and oxygen atoms in total. The molecule has 1 atom stereocenters. The molecule has 1 N–H and O–H groups in total. The molecule has 0 saturated carbocycles. The molecule has 0 rings (SSSR count). The fraction of sp³-hybridized carbons (Fsp3) is 0.667. The van der Waals surface area contributed by atoms with Gasteiger partial charge in [-0.05, 0) is 0 Å². The number of rotatable bonds is 5. The molecule has 6 heteroatoms. The monoisotopic (exact) mass is 217 g/mol. The highest BCUT2D eigenvalue weighted by Crippen LogP contribution is 2.02. The number of ether oxygens (including phenoxy) is 1. The van der Waals surface area contributed by atoms with Crippen LogP contribution in [0.1, 0.15) is 13.3 Å². The highest BCUT2D eigenvalue weighted by molar-refractivity contribution is 5.93. The van der Waals surface area contributed by atoms with Gasteiger partial charge < -0.3 is 14.7 Å². The lowest BCUT2D eigenvalue weighted by Gasteiger charge is -2.19. The number of carbonyl (C=O) groups excluding carboxylic acids is 2. The molecule has 0 aromatic carbocycles. The molecule has 0 radical (unpaired) electrons. The third-order valence-electron chi connectivity index (χ3n) is 1.88. The fourth-order valence-electron chi connectivity index (χ4n) is 1.05. The molecule has 0 aliphatic carbocycles. The van der Waals surface area contributed by atoms with Crippen LogP contribution in [0.25, 0.3) is 0 Å². The van der Waals surface area contributed by atoms with Crippen LogP contribution in [0.2, 0.25) is 0 Å². The second-order valence-electron chi connectivity index (χ2n) is 3.27.